The number of halogens is 2. The fraction of sp³-hybridized carbons (Fsp3) is 0.333. The molecule has 0 aliphatic carbocycles. The van der Waals surface area contributed by atoms with E-state index in [9.17, 15) is 18.4 Å². The molecule has 11 nitrogen and oxygen atoms in total. The van der Waals surface area contributed by atoms with E-state index in [0.29, 0.717) is 23.6 Å². The number of likely N-dealkylation sites (tertiary alicyclic amines) is 1. The van der Waals surface area contributed by atoms with Crippen LogP contribution in [0.4, 0.5) is 19.4 Å². The molecule has 1 fully saturated rings. The van der Waals surface area contributed by atoms with Crippen molar-refractivity contribution in [2.24, 2.45) is 7.05 Å². The van der Waals surface area contributed by atoms with Crippen LogP contribution in [0.15, 0.2) is 60.9 Å². The van der Waals surface area contributed by atoms with Gasteiger partial charge in [-0.2, -0.15) is 10.2 Å². The molecule has 0 bridgehead atoms. The van der Waals surface area contributed by atoms with Gasteiger partial charge in [0.2, 0.25) is 5.91 Å². The number of amides is 3. The van der Waals surface area contributed by atoms with Gasteiger partial charge in [0.25, 0.3) is 0 Å². The zero-order chi connectivity index (χ0) is 30.7. The fourth-order valence-corrected chi connectivity index (χ4v) is 5.52. The number of para-hydroxylation sites is 1. The summed E-state index contributed by atoms with van der Waals surface area (Å²) in [5.74, 6) is -2.16. The monoisotopic (exact) mass is 592 g/mol. The van der Waals surface area contributed by atoms with Crippen molar-refractivity contribution in [2.75, 3.05) is 39.2 Å². The van der Waals surface area contributed by atoms with Crippen molar-refractivity contribution in [1.82, 2.24) is 35.1 Å². The highest BCUT2D eigenvalue weighted by atomic mass is 19.2. The Morgan fingerprint density at radius 3 is 2.53 bits per heavy atom. The first-order valence-corrected chi connectivity index (χ1v) is 13.8. The normalized spacial score (nSPS) is 17.5. The number of ether oxygens (including phenoxy) is 1. The molecule has 226 valence electrons. The number of anilines is 1. The second-order valence-corrected chi connectivity index (χ2v) is 10.5. The number of aryl methyl sites for hydroxylation is 1. The number of urea groups is 1. The molecule has 1 aliphatic rings. The standard InChI is InChI=1S/C30H34F2N8O3/c1-18-27(20-13-34-38(3)14-20)37-40(21-8-6-5-7-9-21)28(18)36-30(42)35-25-16-39(26(17-43-4)29(41)33-2)15-22(25)19-10-11-23(31)24(32)12-19/h5-14,22,25-26H,15-17H2,1-4H3,(H,33,41)(H2,35,36,42)/t22-,25+,26?/m0/s1. The van der Waals surface area contributed by atoms with Crippen LogP contribution in [0.5, 0.6) is 0 Å². The summed E-state index contributed by atoms with van der Waals surface area (Å²) < 4.78 is 36.7. The first-order valence-electron chi connectivity index (χ1n) is 13.8. The van der Waals surface area contributed by atoms with Crippen LogP contribution in [-0.4, -0.2) is 82.3 Å². The molecule has 43 heavy (non-hydrogen) atoms. The van der Waals surface area contributed by atoms with Crippen LogP contribution in [-0.2, 0) is 16.6 Å². The third kappa shape index (κ3) is 6.27. The van der Waals surface area contributed by atoms with Gasteiger partial charge in [-0.1, -0.05) is 24.3 Å². The molecular weight excluding hydrogens is 558 g/mol. The Bertz CT molecular complexity index is 1610. The quantitative estimate of drug-likeness (QED) is 0.275. The largest absolute Gasteiger partial charge is 0.383 e. The van der Waals surface area contributed by atoms with Gasteiger partial charge in [0.1, 0.15) is 17.6 Å². The summed E-state index contributed by atoms with van der Waals surface area (Å²) >= 11 is 0. The minimum absolute atomic E-state index is 0.121. The van der Waals surface area contributed by atoms with Gasteiger partial charge in [-0.25, -0.2) is 18.3 Å². The first kappa shape index (κ1) is 29.9. The Hall–Kier alpha value is -4.62. The van der Waals surface area contributed by atoms with E-state index in [1.165, 1.54) is 20.2 Å². The van der Waals surface area contributed by atoms with E-state index in [1.807, 2.05) is 55.4 Å². The van der Waals surface area contributed by atoms with Crippen LogP contribution in [0.2, 0.25) is 0 Å². The molecule has 0 saturated carbocycles. The summed E-state index contributed by atoms with van der Waals surface area (Å²) in [6.45, 7) is 2.57. The highest BCUT2D eigenvalue weighted by Crippen LogP contribution is 2.32. The summed E-state index contributed by atoms with van der Waals surface area (Å²) in [6, 6.07) is 11.4. The summed E-state index contributed by atoms with van der Waals surface area (Å²) in [5.41, 5.74) is 3.44. The zero-order valence-corrected chi connectivity index (χ0v) is 24.3. The van der Waals surface area contributed by atoms with E-state index in [1.54, 1.807) is 15.6 Å². The molecule has 3 heterocycles. The molecule has 4 aromatic rings. The molecular formula is C30H34F2N8O3. The fourth-order valence-electron chi connectivity index (χ4n) is 5.52. The molecule has 0 radical (unpaired) electrons. The minimum atomic E-state index is -0.982. The summed E-state index contributed by atoms with van der Waals surface area (Å²) in [5, 5.41) is 17.7. The SMILES string of the molecule is CNC(=O)C(COC)N1C[C@@H](NC(=O)Nc2c(C)c(-c3cnn(C)c3)nn2-c2ccccc2)[C@H](c2ccc(F)c(F)c2)C1. The van der Waals surface area contributed by atoms with Crippen molar-refractivity contribution < 1.29 is 23.1 Å². The van der Waals surface area contributed by atoms with E-state index < -0.39 is 35.7 Å². The van der Waals surface area contributed by atoms with Gasteiger partial charge in [-0.3, -0.25) is 19.7 Å². The Labute approximate surface area is 247 Å². The number of benzene rings is 2. The van der Waals surface area contributed by atoms with E-state index in [0.717, 1.165) is 28.9 Å². The maximum absolute atomic E-state index is 14.3. The van der Waals surface area contributed by atoms with Gasteiger partial charge < -0.3 is 15.4 Å². The molecule has 13 heteroatoms. The lowest BCUT2D eigenvalue weighted by Crippen LogP contribution is -2.49. The Morgan fingerprint density at radius 1 is 1.12 bits per heavy atom. The van der Waals surface area contributed by atoms with Crippen molar-refractivity contribution >= 4 is 17.8 Å². The van der Waals surface area contributed by atoms with E-state index in [-0.39, 0.29) is 19.1 Å². The smallest absolute Gasteiger partial charge is 0.320 e. The average molecular weight is 593 g/mol. The van der Waals surface area contributed by atoms with Gasteiger partial charge in [0, 0.05) is 57.5 Å². The number of nitrogens with zero attached hydrogens (tertiary/aromatic N) is 5. The highest BCUT2D eigenvalue weighted by Gasteiger charge is 2.40. The topological polar surface area (TPSA) is 118 Å². The number of carbonyl (C=O) groups excluding carboxylic acids is 2. The second kappa shape index (κ2) is 12.7. The zero-order valence-electron chi connectivity index (χ0n) is 24.3. The number of methoxy groups -OCH3 is 1. The summed E-state index contributed by atoms with van der Waals surface area (Å²) in [4.78, 5) is 28.2. The van der Waals surface area contributed by atoms with Crippen LogP contribution in [0, 0.1) is 18.6 Å². The van der Waals surface area contributed by atoms with Gasteiger partial charge in [-0.05, 0) is 36.8 Å². The molecule has 1 unspecified atom stereocenters. The Morgan fingerprint density at radius 2 is 1.88 bits per heavy atom. The van der Waals surface area contributed by atoms with Crippen LogP contribution in [0.3, 0.4) is 0 Å². The third-order valence-electron chi connectivity index (χ3n) is 7.68. The number of hydrogen-bond acceptors (Lipinski definition) is 6. The highest BCUT2D eigenvalue weighted by molar-refractivity contribution is 5.91. The molecule has 0 spiro atoms. The van der Waals surface area contributed by atoms with Crippen molar-refractivity contribution in [2.45, 2.75) is 24.9 Å². The van der Waals surface area contributed by atoms with Crippen molar-refractivity contribution in [3.8, 4) is 16.9 Å². The number of carbonyl (C=O) groups is 2. The van der Waals surface area contributed by atoms with Crippen molar-refractivity contribution in [3.05, 3.63) is 83.7 Å². The number of likely N-dealkylation sites (N-methyl/N-ethyl adjacent to an activating group) is 1. The molecule has 3 amide bonds. The minimum Gasteiger partial charge on any atom is -0.383 e. The summed E-state index contributed by atoms with van der Waals surface area (Å²) in [7, 11) is 4.85. The van der Waals surface area contributed by atoms with Gasteiger partial charge in [-0.15, -0.1) is 0 Å². The number of hydrogen-bond donors (Lipinski definition) is 3. The van der Waals surface area contributed by atoms with Crippen LogP contribution < -0.4 is 16.0 Å². The average Bonchev–Trinajstić information content (AvgIpc) is 3.70. The first-order chi connectivity index (χ1) is 20.7. The molecule has 1 saturated heterocycles. The predicted molar refractivity (Wildman–Crippen MR) is 157 cm³/mol. The van der Waals surface area contributed by atoms with Gasteiger partial charge >= 0.3 is 6.03 Å². The lowest BCUT2D eigenvalue weighted by molar-refractivity contribution is -0.127. The Balaban J connectivity index is 1.45. The predicted octanol–water partition coefficient (Wildman–Crippen LogP) is 3.21. The molecule has 1 aliphatic heterocycles. The molecule has 5 rings (SSSR count). The Kier molecular flexibility index (Phi) is 8.83. The van der Waals surface area contributed by atoms with Crippen molar-refractivity contribution in [1.29, 1.82) is 0 Å². The van der Waals surface area contributed by atoms with Crippen molar-refractivity contribution in [3.63, 3.8) is 0 Å². The van der Waals surface area contributed by atoms with Crippen LogP contribution in [0.25, 0.3) is 16.9 Å². The number of nitrogens with one attached hydrogen (secondary N) is 3. The van der Waals surface area contributed by atoms with E-state index >= 15 is 0 Å². The molecule has 3 atom stereocenters. The lowest BCUT2D eigenvalue weighted by atomic mass is 9.94. The molecule has 2 aromatic carbocycles. The molecule has 2 aromatic heterocycles. The summed E-state index contributed by atoms with van der Waals surface area (Å²) in [6.07, 6.45) is 3.55. The van der Waals surface area contributed by atoms with Crippen LogP contribution in [0.1, 0.15) is 17.0 Å². The maximum atomic E-state index is 14.3. The third-order valence-corrected chi connectivity index (χ3v) is 7.68. The van der Waals surface area contributed by atoms with E-state index in [4.69, 9.17) is 9.84 Å². The maximum Gasteiger partial charge on any atom is 0.320 e. The second-order valence-electron chi connectivity index (χ2n) is 10.5. The van der Waals surface area contributed by atoms with Gasteiger partial charge in [0.15, 0.2) is 11.6 Å². The number of rotatable bonds is 9. The number of aromatic nitrogens is 4. The lowest BCUT2D eigenvalue weighted by Gasteiger charge is -2.25. The van der Waals surface area contributed by atoms with Gasteiger partial charge in [0.05, 0.1) is 24.5 Å². The van der Waals surface area contributed by atoms with Crippen LogP contribution >= 0.6 is 0 Å². The molecule has 3 N–H and O–H groups in total. The van der Waals surface area contributed by atoms with E-state index in [2.05, 4.69) is 21.0 Å².